The van der Waals surface area contributed by atoms with E-state index >= 15 is 0 Å². The van der Waals surface area contributed by atoms with E-state index in [1.165, 1.54) is 0 Å². The SMILES string of the molecule is CN=C(NCCNC(=O)c1ccc(OC)cc1)NCc1cc(F)ccc1F.I. The van der Waals surface area contributed by atoms with Crippen LogP contribution in [0.4, 0.5) is 8.78 Å². The molecule has 0 aromatic heterocycles. The van der Waals surface area contributed by atoms with Crippen LogP contribution in [0.5, 0.6) is 5.75 Å². The van der Waals surface area contributed by atoms with Gasteiger partial charge in [0.25, 0.3) is 5.91 Å². The highest BCUT2D eigenvalue weighted by Crippen LogP contribution is 2.11. The molecule has 0 heterocycles. The van der Waals surface area contributed by atoms with E-state index in [0.717, 1.165) is 18.2 Å². The zero-order valence-electron chi connectivity index (χ0n) is 15.6. The van der Waals surface area contributed by atoms with Crippen LogP contribution < -0.4 is 20.7 Å². The molecule has 0 atom stereocenters. The van der Waals surface area contributed by atoms with E-state index in [9.17, 15) is 13.6 Å². The molecule has 0 aliphatic rings. The molecule has 0 bridgehead atoms. The highest BCUT2D eigenvalue weighted by molar-refractivity contribution is 14.0. The van der Waals surface area contributed by atoms with E-state index in [0.29, 0.717) is 30.4 Å². The van der Waals surface area contributed by atoms with Crippen LogP contribution in [0, 0.1) is 11.6 Å². The Kier molecular flexibility index (Phi) is 10.2. The molecule has 0 saturated carbocycles. The number of rotatable bonds is 7. The second kappa shape index (κ2) is 12.1. The van der Waals surface area contributed by atoms with Crippen molar-refractivity contribution in [3.05, 3.63) is 65.2 Å². The van der Waals surface area contributed by atoms with Gasteiger partial charge in [0.2, 0.25) is 0 Å². The Balaban J connectivity index is 0.00000392. The lowest BCUT2D eigenvalue weighted by Gasteiger charge is -2.13. The van der Waals surface area contributed by atoms with Crippen molar-refractivity contribution in [2.24, 2.45) is 4.99 Å². The van der Waals surface area contributed by atoms with Gasteiger partial charge < -0.3 is 20.7 Å². The Labute approximate surface area is 179 Å². The van der Waals surface area contributed by atoms with Crippen LogP contribution in [-0.2, 0) is 6.54 Å². The van der Waals surface area contributed by atoms with Crippen LogP contribution >= 0.6 is 24.0 Å². The molecule has 2 aromatic rings. The normalized spacial score (nSPS) is 10.6. The van der Waals surface area contributed by atoms with Crippen LogP contribution in [0.2, 0.25) is 0 Å². The van der Waals surface area contributed by atoms with Crippen LogP contribution in [0.3, 0.4) is 0 Å². The number of hydrogen-bond donors (Lipinski definition) is 3. The molecule has 0 unspecified atom stereocenters. The Morgan fingerprint density at radius 2 is 1.71 bits per heavy atom. The van der Waals surface area contributed by atoms with Crippen molar-refractivity contribution in [2.75, 3.05) is 27.2 Å². The second-order valence-corrected chi connectivity index (χ2v) is 5.57. The quantitative estimate of drug-likeness (QED) is 0.235. The number of ether oxygens (including phenoxy) is 1. The number of benzene rings is 2. The summed E-state index contributed by atoms with van der Waals surface area (Å²) in [7, 11) is 3.12. The monoisotopic (exact) mass is 504 g/mol. The summed E-state index contributed by atoms with van der Waals surface area (Å²) in [5, 5.41) is 8.65. The molecule has 0 spiro atoms. The van der Waals surface area contributed by atoms with Crippen molar-refractivity contribution in [2.45, 2.75) is 6.54 Å². The van der Waals surface area contributed by atoms with Gasteiger partial charge in [0, 0.05) is 37.8 Å². The zero-order chi connectivity index (χ0) is 19.6. The molecule has 0 saturated heterocycles. The number of amides is 1. The molecule has 0 aliphatic carbocycles. The molecule has 2 aromatic carbocycles. The van der Waals surface area contributed by atoms with Gasteiger partial charge in [-0.3, -0.25) is 9.79 Å². The fourth-order valence-electron chi connectivity index (χ4n) is 2.28. The number of nitrogens with zero attached hydrogens (tertiary/aromatic N) is 1. The summed E-state index contributed by atoms with van der Waals surface area (Å²) < 4.78 is 31.8. The smallest absolute Gasteiger partial charge is 0.251 e. The number of carbonyl (C=O) groups excluding carboxylic acids is 1. The Morgan fingerprint density at radius 1 is 1.04 bits per heavy atom. The number of guanidine groups is 1. The minimum atomic E-state index is -0.502. The summed E-state index contributed by atoms with van der Waals surface area (Å²) in [6, 6.07) is 10.1. The van der Waals surface area contributed by atoms with E-state index in [1.54, 1.807) is 38.4 Å². The lowest BCUT2D eigenvalue weighted by Crippen LogP contribution is -2.41. The largest absolute Gasteiger partial charge is 0.497 e. The van der Waals surface area contributed by atoms with Crippen molar-refractivity contribution in [3.63, 3.8) is 0 Å². The summed E-state index contributed by atoms with van der Waals surface area (Å²) in [6.07, 6.45) is 0. The predicted octanol–water partition coefficient (Wildman–Crippen LogP) is 2.69. The fourth-order valence-corrected chi connectivity index (χ4v) is 2.28. The summed E-state index contributed by atoms with van der Waals surface area (Å²) in [5.41, 5.74) is 0.727. The van der Waals surface area contributed by atoms with Gasteiger partial charge in [-0.15, -0.1) is 24.0 Å². The maximum absolute atomic E-state index is 13.6. The Hall–Kier alpha value is -2.43. The van der Waals surface area contributed by atoms with Crippen molar-refractivity contribution < 1.29 is 18.3 Å². The zero-order valence-corrected chi connectivity index (χ0v) is 17.9. The van der Waals surface area contributed by atoms with Crippen LogP contribution in [0.25, 0.3) is 0 Å². The lowest BCUT2D eigenvalue weighted by molar-refractivity contribution is 0.0954. The third-order valence-corrected chi connectivity index (χ3v) is 3.73. The molecule has 0 radical (unpaired) electrons. The van der Waals surface area contributed by atoms with Gasteiger partial charge >= 0.3 is 0 Å². The van der Waals surface area contributed by atoms with Crippen LogP contribution in [-0.4, -0.2) is 39.1 Å². The van der Waals surface area contributed by atoms with E-state index in [-0.39, 0.29) is 42.0 Å². The molecule has 28 heavy (non-hydrogen) atoms. The number of halogens is 3. The highest BCUT2D eigenvalue weighted by Gasteiger charge is 2.07. The number of hydrogen-bond acceptors (Lipinski definition) is 3. The molecular weight excluding hydrogens is 481 g/mol. The summed E-state index contributed by atoms with van der Waals surface area (Å²) >= 11 is 0. The molecule has 3 N–H and O–H groups in total. The fraction of sp³-hybridized carbons (Fsp3) is 0.263. The number of carbonyl (C=O) groups is 1. The molecule has 6 nitrogen and oxygen atoms in total. The van der Waals surface area contributed by atoms with E-state index in [2.05, 4.69) is 20.9 Å². The standard InChI is InChI=1S/C19H22F2N4O2.HI/c1-22-19(25-12-14-11-15(20)5-8-17(14)21)24-10-9-23-18(26)13-3-6-16(27-2)7-4-13;/h3-8,11H,9-10,12H2,1-2H3,(H,23,26)(H2,22,24,25);1H. The topological polar surface area (TPSA) is 74.8 Å². The summed E-state index contributed by atoms with van der Waals surface area (Å²) in [6.45, 7) is 0.856. The van der Waals surface area contributed by atoms with E-state index < -0.39 is 11.6 Å². The Morgan fingerprint density at radius 3 is 2.36 bits per heavy atom. The van der Waals surface area contributed by atoms with E-state index in [4.69, 9.17) is 4.74 Å². The average Bonchev–Trinajstić information content (AvgIpc) is 2.69. The van der Waals surface area contributed by atoms with Crippen molar-refractivity contribution in [1.29, 1.82) is 0 Å². The first kappa shape index (κ1) is 23.6. The predicted molar refractivity (Wildman–Crippen MR) is 115 cm³/mol. The second-order valence-electron chi connectivity index (χ2n) is 5.57. The first-order valence-electron chi connectivity index (χ1n) is 8.34. The van der Waals surface area contributed by atoms with E-state index in [1.807, 2.05) is 0 Å². The van der Waals surface area contributed by atoms with Gasteiger partial charge in [0.05, 0.1) is 7.11 Å². The van der Waals surface area contributed by atoms with Gasteiger partial charge in [0.15, 0.2) is 5.96 Å². The first-order valence-corrected chi connectivity index (χ1v) is 8.34. The molecule has 0 aliphatic heterocycles. The van der Waals surface area contributed by atoms with Gasteiger partial charge in [-0.25, -0.2) is 8.78 Å². The van der Waals surface area contributed by atoms with Crippen molar-refractivity contribution in [3.8, 4) is 5.75 Å². The third-order valence-electron chi connectivity index (χ3n) is 3.73. The van der Waals surface area contributed by atoms with Gasteiger partial charge in [-0.05, 0) is 42.5 Å². The maximum atomic E-state index is 13.6. The van der Waals surface area contributed by atoms with Crippen molar-refractivity contribution in [1.82, 2.24) is 16.0 Å². The summed E-state index contributed by atoms with van der Waals surface area (Å²) in [5.74, 6) is -0.108. The average molecular weight is 504 g/mol. The third kappa shape index (κ3) is 7.29. The number of nitrogens with one attached hydrogen (secondary N) is 3. The minimum Gasteiger partial charge on any atom is -0.497 e. The first-order chi connectivity index (χ1) is 13.0. The molecular formula is C19H23F2IN4O2. The van der Waals surface area contributed by atoms with Crippen LogP contribution in [0.15, 0.2) is 47.5 Å². The maximum Gasteiger partial charge on any atom is 0.251 e. The molecule has 2 rings (SSSR count). The Bertz CT molecular complexity index is 801. The number of methoxy groups -OCH3 is 1. The van der Waals surface area contributed by atoms with Crippen LogP contribution in [0.1, 0.15) is 15.9 Å². The van der Waals surface area contributed by atoms with Gasteiger partial charge in [0.1, 0.15) is 17.4 Å². The summed E-state index contributed by atoms with van der Waals surface area (Å²) in [4.78, 5) is 16.0. The lowest BCUT2D eigenvalue weighted by atomic mass is 10.2. The minimum absolute atomic E-state index is 0. The van der Waals surface area contributed by atoms with Gasteiger partial charge in [-0.1, -0.05) is 0 Å². The highest BCUT2D eigenvalue weighted by atomic mass is 127. The molecule has 152 valence electrons. The molecule has 0 fully saturated rings. The molecule has 1 amide bonds. The van der Waals surface area contributed by atoms with Crippen molar-refractivity contribution >= 4 is 35.8 Å². The van der Waals surface area contributed by atoms with Gasteiger partial charge in [-0.2, -0.15) is 0 Å². The number of aliphatic imine (C=N–C) groups is 1. The molecule has 9 heteroatoms.